The second kappa shape index (κ2) is 6.55. The van der Waals surface area contributed by atoms with Gasteiger partial charge in [0.25, 0.3) is 0 Å². The van der Waals surface area contributed by atoms with Crippen molar-refractivity contribution >= 4 is 21.6 Å². The lowest BCUT2D eigenvalue weighted by Crippen LogP contribution is -2.21. The summed E-state index contributed by atoms with van der Waals surface area (Å²) >= 11 is 0. The van der Waals surface area contributed by atoms with Gasteiger partial charge in [0, 0.05) is 11.3 Å². The molecule has 0 spiro atoms. The number of hydrogen-bond donors (Lipinski definition) is 3. The Morgan fingerprint density at radius 3 is 2.71 bits per heavy atom. The maximum absolute atomic E-state index is 13.6. The predicted octanol–water partition coefficient (Wildman–Crippen LogP) is 3.12. The largest absolute Gasteiger partial charge is 0.433 e. The van der Waals surface area contributed by atoms with Gasteiger partial charge in [0.05, 0.1) is 11.9 Å². The number of aromatic nitrogens is 3. The van der Waals surface area contributed by atoms with E-state index in [9.17, 15) is 22.2 Å². The minimum atomic E-state index is -4.64. The highest BCUT2D eigenvalue weighted by atomic mass is 32.2. The van der Waals surface area contributed by atoms with Gasteiger partial charge < -0.3 is 5.32 Å². The molecule has 0 aliphatic heterocycles. The molecule has 1 fully saturated rings. The molecule has 8 nitrogen and oxygen atoms in total. The quantitative estimate of drug-likeness (QED) is 0.713. The highest BCUT2D eigenvalue weighted by molar-refractivity contribution is 7.91. The Kier molecular flexibility index (Phi) is 4.42. The van der Waals surface area contributed by atoms with Crippen LogP contribution in [-0.4, -0.2) is 25.4 Å². The van der Waals surface area contributed by atoms with Crippen LogP contribution >= 0.6 is 0 Å². The highest BCUT2D eigenvalue weighted by Gasteiger charge is 2.43. The van der Waals surface area contributed by atoms with Crippen molar-refractivity contribution in [2.75, 3.05) is 5.32 Å². The molecule has 1 atom stereocenters. The third-order valence-electron chi connectivity index (χ3n) is 4.76. The van der Waals surface area contributed by atoms with Crippen LogP contribution in [0.4, 0.5) is 23.7 Å². The van der Waals surface area contributed by atoms with Crippen molar-refractivity contribution in [1.29, 1.82) is 0 Å². The average molecular weight is 414 g/mol. The summed E-state index contributed by atoms with van der Waals surface area (Å²) in [5.74, 6) is -0.319. The topological polar surface area (TPSA) is 126 Å². The zero-order valence-electron chi connectivity index (χ0n) is 14.5. The number of aryl methyl sites for hydroxylation is 1. The van der Waals surface area contributed by atoms with Crippen LogP contribution in [0.15, 0.2) is 21.7 Å². The van der Waals surface area contributed by atoms with Crippen LogP contribution in [0.3, 0.4) is 0 Å². The molecule has 2 aliphatic carbocycles. The highest BCUT2D eigenvalue weighted by Crippen LogP contribution is 2.50. The molecule has 0 saturated heterocycles. The first-order chi connectivity index (χ1) is 13.2. The molecule has 12 heteroatoms. The number of nitrogens with one attached hydrogen (secondary N) is 2. The van der Waals surface area contributed by atoms with E-state index < -0.39 is 27.8 Å². The number of alkyl halides is 3. The molecule has 2 heterocycles. The fraction of sp³-hybridized carbons (Fsp3) is 0.438. The molecule has 2 aliphatic rings. The Hall–Kier alpha value is -2.47. The van der Waals surface area contributed by atoms with Crippen LogP contribution in [0.25, 0.3) is 0 Å². The molecular weight excluding hydrogens is 397 g/mol. The third-order valence-corrected chi connectivity index (χ3v) is 6.05. The maximum atomic E-state index is 13.6. The molecule has 4 N–H and O–H groups in total. The maximum Gasteiger partial charge on any atom is 0.433 e. The summed E-state index contributed by atoms with van der Waals surface area (Å²) < 4.78 is 56.7. The van der Waals surface area contributed by atoms with Gasteiger partial charge in [-0.15, -0.1) is 4.36 Å². The van der Waals surface area contributed by atoms with Gasteiger partial charge >= 0.3 is 12.2 Å². The van der Waals surface area contributed by atoms with E-state index in [1.807, 2.05) is 0 Å². The number of nitrogens with two attached hydrogens (primary N) is 1. The number of rotatable bonds is 3. The number of nitrogens with zero attached hydrogens (tertiary/aromatic N) is 3. The summed E-state index contributed by atoms with van der Waals surface area (Å²) in [5, 5.41) is 13.9. The fourth-order valence-electron chi connectivity index (χ4n) is 3.43. The molecule has 150 valence electrons. The number of aromatic amines is 1. The average Bonchev–Trinajstić information content (AvgIpc) is 3.09. The SMILES string of the molecule is NS(=O)(=NC(=O)Nc1c2c(nc(C(F)(F)F)c1C1CC1)CCC2)c1ccn[nH]1. The van der Waals surface area contributed by atoms with Gasteiger partial charge in [0.1, 0.15) is 10.7 Å². The molecule has 2 aromatic rings. The van der Waals surface area contributed by atoms with E-state index >= 15 is 0 Å². The molecule has 0 bridgehead atoms. The van der Waals surface area contributed by atoms with Gasteiger partial charge in [-0.3, -0.25) is 5.10 Å². The minimum absolute atomic E-state index is 0.0123. The summed E-state index contributed by atoms with van der Waals surface area (Å²) in [6.07, 6.45) is -0.596. The lowest BCUT2D eigenvalue weighted by molar-refractivity contribution is -0.141. The number of amides is 2. The van der Waals surface area contributed by atoms with E-state index in [1.54, 1.807) is 0 Å². The monoisotopic (exact) mass is 414 g/mol. The smallest absolute Gasteiger partial charge is 0.305 e. The number of anilines is 1. The van der Waals surface area contributed by atoms with Crippen LogP contribution in [-0.2, 0) is 28.9 Å². The Balaban J connectivity index is 1.78. The van der Waals surface area contributed by atoms with Crippen LogP contribution < -0.4 is 10.5 Å². The Morgan fingerprint density at radius 2 is 2.11 bits per heavy atom. The van der Waals surface area contributed by atoms with E-state index in [2.05, 4.69) is 24.9 Å². The van der Waals surface area contributed by atoms with Crippen LogP contribution in [0.2, 0.25) is 0 Å². The summed E-state index contributed by atoms with van der Waals surface area (Å²) in [5.41, 5.74) is 0.0261. The molecule has 0 radical (unpaired) electrons. The van der Waals surface area contributed by atoms with Crippen LogP contribution in [0.1, 0.15) is 47.7 Å². The Bertz CT molecular complexity index is 1050. The molecule has 28 heavy (non-hydrogen) atoms. The molecule has 0 aromatic carbocycles. The standard InChI is InChI=1S/C16H17F3N6O2S/c17-16(18,19)14-12(8-4-5-8)13(9-2-1-3-10(9)22-14)23-15(26)25-28(20,27)11-6-7-21-24-11/h6-8H,1-5H2,(H,21,24)(H3,20,22,23,25,26,27). The number of urea groups is 1. The van der Waals surface area contributed by atoms with Gasteiger partial charge in [-0.1, -0.05) is 0 Å². The Labute approximate surface area is 158 Å². The number of fused-ring (bicyclic) bond motifs is 1. The first-order valence-electron chi connectivity index (χ1n) is 8.65. The zero-order chi connectivity index (χ0) is 20.1. The summed E-state index contributed by atoms with van der Waals surface area (Å²) in [6, 6.07) is 0.234. The summed E-state index contributed by atoms with van der Waals surface area (Å²) in [4.78, 5) is 16.3. The van der Waals surface area contributed by atoms with Crippen LogP contribution in [0.5, 0.6) is 0 Å². The van der Waals surface area contributed by atoms with E-state index in [0.717, 1.165) is 0 Å². The molecular formula is C16H17F3N6O2S. The van der Waals surface area contributed by atoms with Crippen molar-refractivity contribution in [2.45, 2.75) is 49.2 Å². The van der Waals surface area contributed by atoms with Gasteiger partial charge in [-0.2, -0.15) is 18.3 Å². The van der Waals surface area contributed by atoms with Crippen molar-refractivity contribution in [1.82, 2.24) is 15.2 Å². The summed E-state index contributed by atoms with van der Waals surface area (Å²) in [7, 11) is -3.60. The molecule has 2 amide bonds. The van der Waals surface area contributed by atoms with E-state index in [0.29, 0.717) is 43.4 Å². The van der Waals surface area contributed by atoms with Crippen molar-refractivity contribution < 1.29 is 22.2 Å². The lowest BCUT2D eigenvalue weighted by Gasteiger charge is -2.19. The van der Waals surface area contributed by atoms with Gasteiger partial charge in [0.15, 0.2) is 9.92 Å². The lowest BCUT2D eigenvalue weighted by atomic mass is 10.00. The van der Waals surface area contributed by atoms with E-state index in [1.165, 1.54) is 12.3 Å². The third kappa shape index (κ3) is 3.49. The van der Waals surface area contributed by atoms with E-state index in [-0.39, 0.29) is 22.2 Å². The van der Waals surface area contributed by atoms with Crippen molar-refractivity contribution in [3.8, 4) is 0 Å². The second-order valence-electron chi connectivity index (χ2n) is 6.81. The van der Waals surface area contributed by atoms with E-state index in [4.69, 9.17) is 5.14 Å². The number of H-pyrrole nitrogens is 1. The van der Waals surface area contributed by atoms with Crippen LogP contribution in [0, 0.1) is 0 Å². The molecule has 2 aromatic heterocycles. The number of halogens is 3. The number of carbonyl (C=O) groups excluding carboxylic acids is 1. The van der Waals surface area contributed by atoms with Crippen molar-refractivity contribution in [2.24, 2.45) is 9.50 Å². The molecule has 4 rings (SSSR count). The molecule has 1 saturated carbocycles. The fourth-order valence-corrected chi connectivity index (χ4v) is 4.26. The van der Waals surface area contributed by atoms with Gasteiger partial charge in [-0.05, 0) is 49.7 Å². The molecule has 1 unspecified atom stereocenters. The van der Waals surface area contributed by atoms with Crippen molar-refractivity contribution in [3.05, 3.63) is 34.8 Å². The van der Waals surface area contributed by atoms with Gasteiger partial charge in [0.2, 0.25) is 0 Å². The number of pyridine rings is 1. The minimum Gasteiger partial charge on any atom is -0.305 e. The Morgan fingerprint density at radius 1 is 1.36 bits per heavy atom. The predicted molar refractivity (Wildman–Crippen MR) is 93.9 cm³/mol. The van der Waals surface area contributed by atoms with Crippen molar-refractivity contribution in [3.63, 3.8) is 0 Å². The van der Waals surface area contributed by atoms with Gasteiger partial charge in [-0.25, -0.2) is 19.1 Å². The second-order valence-corrected chi connectivity index (χ2v) is 8.57. The number of hydrogen-bond acceptors (Lipinski definition) is 4. The zero-order valence-corrected chi connectivity index (χ0v) is 15.4. The normalized spacial score (nSPS) is 18.4. The first kappa shape index (κ1) is 18.9. The number of carbonyl (C=O) groups is 1. The summed E-state index contributed by atoms with van der Waals surface area (Å²) in [6.45, 7) is 0. The first-order valence-corrected chi connectivity index (χ1v) is 10.2.